The molecule has 0 aliphatic rings. The smallest absolute Gasteiger partial charge is 0.367 e. The van der Waals surface area contributed by atoms with E-state index in [1.165, 1.54) is 24.3 Å². The van der Waals surface area contributed by atoms with Crippen molar-refractivity contribution in [2.45, 2.75) is 12.3 Å². The third-order valence-corrected chi connectivity index (χ3v) is 1.88. The van der Waals surface area contributed by atoms with Gasteiger partial charge >= 0.3 is 6.18 Å². The van der Waals surface area contributed by atoms with Crippen LogP contribution in [0.15, 0.2) is 24.3 Å². The number of ether oxygens (including phenoxy) is 1. The van der Waals surface area contributed by atoms with Gasteiger partial charge in [-0.25, -0.2) is 0 Å². The van der Waals surface area contributed by atoms with Crippen LogP contribution < -0.4 is 0 Å². The van der Waals surface area contributed by atoms with Gasteiger partial charge in [-0.1, -0.05) is 12.1 Å². The van der Waals surface area contributed by atoms with Crippen molar-refractivity contribution in [3.8, 4) is 6.07 Å². The molecule has 0 N–H and O–H groups in total. The molecule has 1 aromatic rings. The first kappa shape index (κ1) is 11.5. The Balaban J connectivity index is 3.00. The monoisotopic (exact) mass is 215 g/mol. The lowest BCUT2D eigenvalue weighted by atomic mass is 10.1. The van der Waals surface area contributed by atoms with Crippen LogP contribution >= 0.6 is 0 Å². The van der Waals surface area contributed by atoms with E-state index in [0.717, 1.165) is 7.11 Å². The second-order valence-corrected chi connectivity index (χ2v) is 2.89. The summed E-state index contributed by atoms with van der Waals surface area (Å²) in [7, 11) is 0.996. The molecular weight excluding hydrogens is 207 g/mol. The fraction of sp³-hybridized carbons (Fsp3) is 0.300. The molecule has 1 aromatic carbocycles. The minimum atomic E-state index is -4.44. The molecule has 0 aromatic heterocycles. The van der Waals surface area contributed by atoms with Crippen LogP contribution in [0.5, 0.6) is 0 Å². The molecule has 0 heterocycles. The van der Waals surface area contributed by atoms with Crippen molar-refractivity contribution in [1.82, 2.24) is 0 Å². The maximum atomic E-state index is 12.4. The van der Waals surface area contributed by atoms with E-state index in [0.29, 0.717) is 5.56 Å². The second-order valence-electron chi connectivity index (χ2n) is 2.89. The fourth-order valence-corrected chi connectivity index (χ4v) is 1.19. The Morgan fingerprint density at radius 2 is 1.80 bits per heavy atom. The topological polar surface area (TPSA) is 33.0 Å². The van der Waals surface area contributed by atoms with E-state index >= 15 is 0 Å². The summed E-state index contributed by atoms with van der Waals surface area (Å²) in [6, 6.07) is 6.95. The van der Waals surface area contributed by atoms with E-state index in [-0.39, 0.29) is 5.56 Å². The Labute approximate surface area is 84.9 Å². The third kappa shape index (κ3) is 2.70. The molecule has 0 saturated heterocycles. The standard InChI is InChI=1S/C10H8F3NO/c1-15-9(10(11,12)13)8-4-2-7(6-14)3-5-8/h2-5,9H,1H3. The van der Waals surface area contributed by atoms with Crippen molar-refractivity contribution < 1.29 is 17.9 Å². The van der Waals surface area contributed by atoms with Gasteiger partial charge in [-0.15, -0.1) is 0 Å². The molecule has 0 amide bonds. The van der Waals surface area contributed by atoms with Crippen molar-refractivity contribution in [2.24, 2.45) is 0 Å². The molecule has 0 fully saturated rings. The molecule has 15 heavy (non-hydrogen) atoms. The van der Waals surface area contributed by atoms with E-state index < -0.39 is 12.3 Å². The molecule has 0 aliphatic carbocycles. The van der Waals surface area contributed by atoms with Crippen LogP contribution in [0.1, 0.15) is 17.2 Å². The molecule has 0 bridgehead atoms. The maximum absolute atomic E-state index is 12.4. The lowest BCUT2D eigenvalue weighted by Crippen LogP contribution is -2.22. The summed E-state index contributed by atoms with van der Waals surface area (Å²) in [4.78, 5) is 0. The Kier molecular flexibility index (Phi) is 3.32. The van der Waals surface area contributed by atoms with Crippen LogP contribution in [0, 0.1) is 11.3 Å². The number of rotatable bonds is 2. The van der Waals surface area contributed by atoms with Crippen molar-refractivity contribution in [2.75, 3.05) is 7.11 Å². The number of methoxy groups -OCH3 is 1. The SMILES string of the molecule is COC(c1ccc(C#N)cc1)C(F)(F)F. The number of hydrogen-bond donors (Lipinski definition) is 0. The van der Waals surface area contributed by atoms with Gasteiger partial charge in [-0.3, -0.25) is 0 Å². The van der Waals surface area contributed by atoms with Crippen LogP contribution in [-0.4, -0.2) is 13.3 Å². The van der Waals surface area contributed by atoms with Gasteiger partial charge in [0, 0.05) is 7.11 Å². The zero-order valence-corrected chi connectivity index (χ0v) is 7.88. The first-order chi connectivity index (χ1) is 6.99. The number of nitriles is 1. The fourth-order valence-electron chi connectivity index (χ4n) is 1.19. The molecule has 0 aliphatic heterocycles. The van der Waals surface area contributed by atoms with Gasteiger partial charge in [0.1, 0.15) is 0 Å². The molecule has 1 atom stereocenters. The summed E-state index contributed by atoms with van der Waals surface area (Å²) in [5.74, 6) is 0. The van der Waals surface area contributed by atoms with Crippen LogP contribution in [0.25, 0.3) is 0 Å². The predicted octanol–water partition coefficient (Wildman–Crippen LogP) is 2.81. The van der Waals surface area contributed by atoms with Crippen LogP contribution in [0.4, 0.5) is 13.2 Å². The van der Waals surface area contributed by atoms with Crippen molar-refractivity contribution in [3.63, 3.8) is 0 Å². The Hall–Kier alpha value is -1.54. The molecule has 1 rings (SSSR count). The van der Waals surface area contributed by atoms with E-state index in [4.69, 9.17) is 5.26 Å². The highest BCUT2D eigenvalue weighted by molar-refractivity contribution is 5.32. The normalized spacial score (nSPS) is 13.3. The van der Waals surface area contributed by atoms with E-state index in [2.05, 4.69) is 4.74 Å². The van der Waals surface area contributed by atoms with Gasteiger partial charge in [-0.05, 0) is 17.7 Å². The first-order valence-corrected chi connectivity index (χ1v) is 4.08. The van der Waals surface area contributed by atoms with Gasteiger partial charge in [-0.2, -0.15) is 18.4 Å². The molecule has 5 heteroatoms. The molecule has 1 unspecified atom stereocenters. The van der Waals surface area contributed by atoms with Gasteiger partial charge in [0.2, 0.25) is 0 Å². The van der Waals surface area contributed by atoms with Gasteiger partial charge < -0.3 is 4.74 Å². The average Bonchev–Trinajstić information content (AvgIpc) is 2.18. The highest BCUT2D eigenvalue weighted by Crippen LogP contribution is 2.35. The lowest BCUT2D eigenvalue weighted by molar-refractivity contribution is -0.215. The highest BCUT2D eigenvalue weighted by atomic mass is 19.4. The highest BCUT2D eigenvalue weighted by Gasteiger charge is 2.40. The van der Waals surface area contributed by atoms with E-state index in [9.17, 15) is 13.2 Å². The minimum Gasteiger partial charge on any atom is -0.367 e. The third-order valence-electron chi connectivity index (χ3n) is 1.88. The van der Waals surface area contributed by atoms with Crippen molar-refractivity contribution in [3.05, 3.63) is 35.4 Å². The van der Waals surface area contributed by atoms with Crippen molar-refractivity contribution >= 4 is 0 Å². The lowest BCUT2D eigenvalue weighted by Gasteiger charge is -2.18. The van der Waals surface area contributed by atoms with E-state index in [1.807, 2.05) is 6.07 Å². The minimum absolute atomic E-state index is 0.0102. The summed E-state index contributed by atoms with van der Waals surface area (Å²) < 4.78 is 41.6. The number of benzene rings is 1. The summed E-state index contributed by atoms with van der Waals surface area (Å²) in [5.41, 5.74) is 0.305. The summed E-state index contributed by atoms with van der Waals surface area (Å²) >= 11 is 0. The Morgan fingerprint density at radius 3 is 2.13 bits per heavy atom. The summed E-state index contributed by atoms with van der Waals surface area (Å²) in [5, 5.41) is 8.48. The van der Waals surface area contributed by atoms with Gasteiger partial charge in [0.15, 0.2) is 6.10 Å². The molecule has 0 saturated carbocycles. The zero-order chi connectivity index (χ0) is 11.5. The van der Waals surface area contributed by atoms with Crippen LogP contribution in [0.3, 0.4) is 0 Å². The van der Waals surface area contributed by atoms with Crippen LogP contribution in [0.2, 0.25) is 0 Å². The van der Waals surface area contributed by atoms with Gasteiger partial charge in [0.25, 0.3) is 0 Å². The first-order valence-electron chi connectivity index (χ1n) is 4.08. The summed E-state index contributed by atoms with van der Waals surface area (Å²) in [6.45, 7) is 0. The van der Waals surface area contributed by atoms with E-state index in [1.54, 1.807) is 0 Å². The zero-order valence-electron chi connectivity index (χ0n) is 7.88. The Bertz CT molecular complexity index is 364. The molecule has 0 radical (unpaired) electrons. The molecular formula is C10H8F3NO. The maximum Gasteiger partial charge on any atom is 0.418 e. The predicted molar refractivity (Wildman–Crippen MR) is 47.0 cm³/mol. The quantitative estimate of drug-likeness (QED) is 0.759. The summed E-state index contributed by atoms with van der Waals surface area (Å²) in [6.07, 6.45) is -6.38. The number of alkyl halides is 3. The number of hydrogen-bond acceptors (Lipinski definition) is 2. The van der Waals surface area contributed by atoms with Crippen molar-refractivity contribution in [1.29, 1.82) is 5.26 Å². The average molecular weight is 215 g/mol. The van der Waals surface area contributed by atoms with Crippen LogP contribution in [-0.2, 0) is 4.74 Å². The Morgan fingerprint density at radius 1 is 1.27 bits per heavy atom. The molecule has 0 spiro atoms. The molecule has 2 nitrogen and oxygen atoms in total. The molecule has 80 valence electrons. The second kappa shape index (κ2) is 4.32. The number of halogens is 3. The largest absolute Gasteiger partial charge is 0.418 e. The number of nitrogens with zero attached hydrogens (tertiary/aromatic N) is 1. The van der Waals surface area contributed by atoms with Gasteiger partial charge in [0.05, 0.1) is 11.6 Å².